The Morgan fingerprint density at radius 2 is 2.29 bits per heavy atom. The standard InChI is InChI=1S/C9H13NO4/c1-9(7(11)12)5-14-8(13)10(9)6-3-2-4-6/h6H,2-5H2,1H3,(H,11,12). The van der Waals surface area contributed by atoms with Gasteiger partial charge in [0.25, 0.3) is 0 Å². The minimum absolute atomic E-state index is 0.0440. The van der Waals surface area contributed by atoms with Gasteiger partial charge in [-0.1, -0.05) is 0 Å². The normalized spacial score (nSPS) is 32.6. The zero-order valence-electron chi connectivity index (χ0n) is 8.02. The summed E-state index contributed by atoms with van der Waals surface area (Å²) in [6, 6.07) is 0.0612. The Bertz CT molecular complexity index is 287. The van der Waals surface area contributed by atoms with Crippen molar-refractivity contribution < 1.29 is 19.4 Å². The zero-order chi connectivity index (χ0) is 10.3. The number of carboxylic acids is 1. The summed E-state index contributed by atoms with van der Waals surface area (Å²) in [6.07, 6.45) is 2.35. The first-order valence-electron chi connectivity index (χ1n) is 4.75. The molecule has 2 rings (SSSR count). The van der Waals surface area contributed by atoms with Crippen LogP contribution in [0.25, 0.3) is 0 Å². The highest BCUT2D eigenvalue weighted by Gasteiger charge is 2.53. The highest BCUT2D eigenvalue weighted by atomic mass is 16.6. The SMILES string of the molecule is CC1(C(=O)O)COC(=O)N1C1CCC1. The van der Waals surface area contributed by atoms with Crippen molar-refractivity contribution in [3.05, 3.63) is 0 Å². The summed E-state index contributed by atoms with van der Waals surface area (Å²) < 4.78 is 4.81. The molecular formula is C9H13NO4. The van der Waals surface area contributed by atoms with E-state index >= 15 is 0 Å². The molecule has 5 nitrogen and oxygen atoms in total. The van der Waals surface area contributed by atoms with Crippen molar-refractivity contribution in [3.63, 3.8) is 0 Å². The van der Waals surface area contributed by atoms with Crippen molar-refractivity contribution in [3.8, 4) is 0 Å². The number of hydrogen-bond acceptors (Lipinski definition) is 3. The second-order valence-electron chi connectivity index (χ2n) is 4.09. The minimum atomic E-state index is -1.16. The summed E-state index contributed by atoms with van der Waals surface area (Å²) in [5.41, 5.74) is -1.16. The number of cyclic esters (lactones) is 1. The molecule has 0 bridgehead atoms. The molecule has 2 aliphatic rings. The molecule has 0 aromatic carbocycles. The number of rotatable bonds is 2. The van der Waals surface area contributed by atoms with E-state index in [-0.39, 0.29) is 12.6 Å². The molecule has 1 atom stereocenters. The van der Waals surface area contributed by atoms with Gasteiger partial charge in [-0.15, -0.1) is 0 Å². The lowest BCUT2D eigenvalue weighted by Crippen LogP contribution is -2.57. The van der Waals surface area contributed by atoms with E-state index in [9.17, 15) is 9.59 Å². The van der Waals surface area contributed by atoms with Crippen LogP contribution in [0.5, 0.6) is 0 Å². The molecule has 78 valence electrons. The number of nitrogens with zero attached hydrogens (tertiary/aromatic N) is 1. The summed E-state index contributed by atoms with van der Waals surface area (Å²) >= 11 is 0. The molecule has 1 unspecified atom stereocenters. The number of carboxylic acid groups (broad SMARTS) is 1. The molecule has 14 heavy (non-hydrogen) atoms. The fourth-order valence-corrected chi connectivity index (χ4v) is 1.90. The summed E-state index contributed by atoms with van der Waals surface area (Å²) in [7, 11) is 0. The van der Waals surface area contributed by atoms with Crippen molar-refractivity contribution in [2.45, 2.75) is 37.8 Å². The fraction of sp³-hybridized carbons (Fsp3) is 0.778. The fourth-order valence-electron chi connectivity index (χ4n) is 1.90. The summed E-state index contributed by atoms with van der Waals surface area (Å²) in [5, 5.41) is 9.06. The van der Waals surface area contributed by atoms with Crippen LogP contribution in [0.1, 0.15) is 26.2 Å². The smallest absolute Gasteiger partial charge is 0.411 e. The molecule has 1 aliphatic carbocycles. The molecular weight excluding hydrogens is 186 g/mol. The van der Waals surface area contributed by atoms with Crippen LogP contribution in [-0.2, 0) is 9.53 Å². The zero-order valence-corrected chi connectivity index (χ0v) is 8.02. The van der Waals surface area contributed by atoms with E-state index in [0.29, 0.717) is 0 Å². The maximum atomic E-state index is 11.4. The Hall–Kier alpha value is -1.26. The van der Waals surface area contributed by atoms with Crippen molar-refractivity contribution in [1.82, 2.24) is 4.90 Å². The summed E-state index contributed by atoms with van der Waals surface area (Å²) in [4.78, 5) is 23.8. The lowest BCUT2D eigenvalue weighted by molar-refractivity contribution is -0.149. The monoisotopic (exact) mass is 199 g/mol. The van der Waals surface area contributed by atoms with Crippen LogP contribution in [0.4, 0.5) is 4.79 Å². The molecule has 5 heteroatoms. The van der Waals surface area contributed by atoms with Crippen LogP contribution in [-0.4, -0.2) is 40.3 Å². The third-order valence-electron chi connectivity index (χ3n) is 3.11. The van der Waals surface area contributed by atoms with E-state index in [4.69, 9.17) is 9.84 Å². The number of hydrogen-bond donors (Lipinski definition) is 1. The number of aliphatic carboxylic acids is 1. The number of carbonyl (C=O) groups is 2. The number of carbonyl (C=O) groups excluding carboxylic acids is 1. The molecule has 1 saturated heterocycles. The lowest BCUT2D eigenvalue weighted by Gasteiger charge is -2.39. The van der Waals surface area contributed by atoms with Gasteiger partial charge in [-0.05, 0) is 26.2 Å². The van der Waals surface area contributed by atoms with Crippen LogP contribution < -0.4 is 0 Å². The van der Waals surface area contributed by atoms with Gasteiger partial charge in [0.05, 0.1) is 0 Å². The van der Waals surface area contributed by atoms with E-state index < -0.39 is 17.6 Å². The van der Waals surface area contributed by atoms with Gasteiger partial charge >= 0.3 is 12.1 Å². The van der Waals surface area contributed by atoms with Gasteiger partial charge < -0.3 is 9.84 Å². The number of ether oxygens (including phenoxy) is 1. The molecule has 1 heterocycles. The predicted molar refractivity (Wildman–Crippen MR) is 46.9 cm³/mol. The van der Waals surface area contributed by atoms with Crippen LogP contribution in [0.2, 0.25) is 0 Å². The Balaban J connectivity index is 2.24. The molecule has 2 fully saturated rings. The molecule has 1 saturated carbocycles. The van der Waals surface area contributed by atoms with Gasteiger partial charge in [-0.25, -0.2) is 9.59 Å². The lowest BCUT2D eigenvalue weighted by atomic mass is 9.88. The first kappa shape index (κ1) is 9.30. The van der Waals surface area contributed by atoms with Crippen molar-refractivity contribution in [2.24, 2.45) is 0 Å². The Morgan fingerprint density at radius 3 is 2.71 bits per heavy atom. The first-order valence-corrected chi connectivity index (χ1v) is 4.75. The summed E-state index contributed by atoms with van der Waals surface area (Å²) in [6.45, 7) is 1.50. The third-order valence-corrected chi connectivity index (χ3v) is 3.11. The van der Waals surface area contributed by atoms with Gasteiger partial charge in [-0.3, -0.25) is 4.90 Å². The highest BCUT2D eigenvalue weighted by Crippen LogP contribution is 2.35. The Labute approximate surface area is 81.6 Å². The average molecular weight is 199 g/mol. The highest BCUT2D eigenvalue weighted by molar-refractivity contribution is 5.87. The first-order chi connectivity index (χ1) is 6.55. The van der Waals surface area contributed by atoms with Gasteiger partial charge in [-0.2, -0.15) is 0 Å². The van der Waals surface area contributed by atoms with E-state index in [1.165, 1.54) is 4.90 Å². The average Bonchev–Trinajstić information content (AvgIpc) is 2.31. The molecule has 0 spiro atoms. The van der Waals surface area contributed by atoms with Gasteiger partial charge in [0.15, 0.2) is 5.54 Å². The second-order valence-corrected chi connectivity index (χ2v) is 4.09. The van der Waals surface area contributed by atoms with Crippen molar-refractivity contribution >= 4 is 12.1 Å². The maximum absolute atomic E-state index is 11.4. The second kappa shape index (κ2) is 2.87. The number of amides is 1. The van der Waals surface area contributed by atoms with Crippen LogP contribution in [0, 0.1) is 0 Å². The Morgan fingerprint density at radius 1 is 1.64 bits per heavy atom. The minimum Gasteiger partial charge on any atom is -0.479 e. The third kappa shape index (κ3) is 1.08. The molecule has 1 amide bonds. The van der Waals surface area contributed by atoms with Gasteiger partial charge in [0.1, 0.15) is 6.61 Å². The quantitative estimate of drug-likeness (QED) is 0.715. The van der Waals surface area contributed by atoms with Crippen molar-refractivity contribution in [2.75, 3.05) is 6.61 Å². The maximum Gasteiger partial charge on any atom is 0.411 e. The molecule has 0 aromatic rings. The van der Waals surface area contributed by atoms with Crippen LogP contribution in [0.3, 0.4) is 0 Å². The van der Waals surface area contributed by atoms with E-state index in [2.05, 4.69) is 0 Å². The van der Waals surface area contributed by atoms with Crippen LogP contribution in [0.15, 0.2) is 0 Å². The van der Waals surface area contributed by atoms with Crippen LogP contribution >= 0.6 is 0 Å². The van der Waals surface area contributed by atoms with E-state index in [1.807, 2.05) is 0 Å². The van der Waals surface area contributed by atoms with Crippen molar-refractivity contribution in [1.29, 1.82) is 0 Å². The molecule has 1 aliphatic heterocycles. The predicted octanol–water partition coefficient (Wildman–Crippen LogP) is 0.834. The van der Waals surface area contributed by atoms with Gasteiger partial charge in [0.2, 0.25) is 0 Å². The Kier molecular flexibility index (Phi) is 1.90. The summed E-state index contributed by atoms with van der Waals surface area (Å²) in [5.74, 6) is -0.991. The van der Waals surface area contributed by atoms with E-state index in [0.717, 1.165) is 19.3 Å². The molecule has 0 radical (unpaired) electrons. The van der Waals surface area contributed by atoms with E-state index in [1.54, 1.807) is 6.92 Å². The molecule has 1 N–H and O–H groups in total. The topological polar surface area (TPSA) is 66.8 Å². The molecule has 0 aromatic heterocycles. The largest absolute Gasteiger partial charge is 0.479 e. The van der Waals surface area contributed by atoms with Gasteiger partial charge in [0, 0.05) is 6.04 Å².